The van der Waals surface area contributed by atoms with E-state index in [9.17, 15) is 9.59 Å². The predicted octanol–water partition coefficient (Wildman–Crippen LogP) is 5.66. The first-order valence-electron chi connectivity index (χ1n) is 12.1. The third-order valence-corrected chi connectivity index (χ3v) is 8.39. The van der Waals surface area contributed by atoms with Crippen LogP contribution >= 0.6 is 0 Å². The normalized spacial score (nSPS) is 28.3. The van der Waals surface area contributed by atoms with Crippen molar-refractivity contribution >= 4 is 11.9 Å². The van der Waals surface area contributed by atoms with Gasteiger partial charge >= 0.3 is 11.9 Å². The highest BCUT2D eigenvalue weighted by Crippen LogP contribution is 2.63. The number of hydrogen-bond acceptors (Lipinski definition) is 4. The maximum Gasteiger partial charge on any atom is 0.338 e. The van der Waals surface area contributed by atoms with Crippen molar-refractivity contribution in [2.24, 2.45) is 17.8 Å². The first kappa shape index (κ1) is 21.2. The Hall–Kier alpha value is -3.40. The Kier molecular flexibility index (Phi) is 5.05. The topological polar surface area (TPSA) is 52.6 Å². The van der Waals surface area contributed by atoms with Crippen molar-refractivity contribution in [1.29, 1.82) is 0 Å². The molecule has 0 saturated heterocycles. The van der Waals surface area contributed by atoms with E-state index in [1.54, 1.807) is 24.3 Å². The van der Waals surface area contributed by atoms with Gasteiger partial charge in [0.25, 0.3) is 0 Å². The summed E-state index contributed by atoms with van der Waals surface area (Å²) in [5, 5.41) is 0. The van der Waals surface area contributed by atoms with Crippen molar-refractivity contribution in [3.8, 4) is 0 Å². The quantitative estimate of drug-likeness (QED) is 0.479. The third-order valence-electron chi connectivity index (χ3n) is 8.39. The lowest BCUT2D eigenvalue weighted by molar-refractivity contribution is -0.0698. The molecule has 0 aliphatic heterocycles. The van der Waals surface area contributed by atoms with Gasteiger partial charge in [-0.1, -0.05) is 48.5 Å². The number of benzene rings is 3. The fourth-order valence-electron chi connectivity index (χ4n) is 6.72. The van der Waals surface area contributed by atoms with Gasteiger partial charge in [-0.2, -0.15) is 0 Å². The second kappa shape index (κ2) is 8.12. The Morgan fingerprint density at radius 1 is 0.706 bits per heavy atom. The van der Waals surface area contributed by atoms with Crippen LogP contribution in [0.15, 0.2) is 72.8 Å². The van der Waals surface area contributed by atoms with Crippen molar-refractivity contribution < 1.29 is 19.1 Å². The van der Waals surface area contributed by atoms with Gasteiger partial charge < -0.3 is 9.47 Å². The molecule has 6 unspecified atom stereocenters. The second-order valence-corrected chi connectivity index (χ2v) is 10.0. The maximum atomic E-state index is 13.1. The van der Waals surface area contributed by atoms with E-state index in [4.69, 9.17) is 9.47 Å². The SMILES string of the molecule is Cc1ccc2c(c1C)CC1C3CC(C(OC(=O)c4ccccc4)C3OC(=O)c3ccccc3)C21. The summed E-state index contributed by atoms with van der Waals surface area (Å²) >= 11 is 0. The largest absolute Gasteiger partial charge is 0.455 e. The molecule has 3 aliphatic carbocycles. The van der Waals surface area contributed by atoms with E-state index in [1.807, 2.05) is 36.4 Å². The van der Waals surface area contributed by atoms with E-state index in [0.29, 0.717) is 23.0 Å². The van der Waals surface area contributed by atoms with Gasteiger partial charge in [0.2, 0.25) is 0 Å². The summed E-state index contributed by atoms with van der Waals surface area (Å²) in [6.45, 7) is 4.37. The zero-order valence-electron chi connectivity index (χ0n) is 19.4. The van der Waals surface area contributed by atoms with Crippen molar-refractivity contribution in [3.63, 3.8) is 0 Å². The van der Waals surface area contributed by atoms with Crippen molar-refractivity contribution in [3.05, 3.63) is 106 Å². The van der Waals surface area contributed by atoms with E-state index in [0.717, 1.165) is 12.8 Å². The predicted molar refractivity (Wildman–Crippen MR) is 129 cm³/mol. The molecule has 2 fully saturated rings. The molecule has 2 saturated carbocycles. The van der Waals surface area contributed by atoms with Gasteiger partial charge in [-0.15, -0.1) is 0 Å². The molecule has 6 rings (SSSR count). The number of ether oxygens (including phenoxy) is 2. The van der Waals surface area contributed by atoms with Crippen LogP contribution in [0.4, 0.5) is 0 Å². The smallest absolute Gasteiger partial charge is 0.338 e. The van der Waals surface area contributed by atoms with Gasteiger partial charge in [-0.25, -0.2) is 9.59 Å². The van der Waals surface area contributed by atoms with E-state index in [1.165, 1.54) is 22.3 Å². The molecular formula is C30H28O4. The fraction of sp³-hybridized carbons (Fsp3) is 0.333. The van der Waals surface area contributed by atoms with Crippen LogP contribution in [0.25, 0.3) is 0 Å². The van der Waals surface area contributed by atoms with Crippen molar-refractivity contribution in [1.82, 2.24) is 0 Å². The Balaban J connectivity index is 1.33. The highest BCUT2D eigenvalue weighted by atomic mass is 16.6. The highest BCUT2D eigenvalue weighted by molar-refractivity contribution is 5.90. The molecule has 4 heteroatoms. The average Bonchev–Trinajstić information content (AvgIpc) is 3.52. The van der Waals surface area contributed by atoms with Crippen LogP contribution in [0.3, 0.4) is 0 Å². The number of rotatable bonds is 4. The lowest BCUT2D eigenvalue weighted by Gasteiger charge is -2.37. The van der Waals surface area contributed by atoms with Gasteiger partial charge in [0.05, 0.1) is 11.1 Å². The number of carbonyl (C=O) groups excluding carboxylic acids is 2. The Morgan fingerprint density at radius 3 is 1.85 bits per heavy atom. The molecule has 0 heterocycles. The van der Waals surface area contributed by atoms with E-state index >= 15 is 0 Å². The molecule has 6 atom stereocenters. The fourth-order valence-corrected chi connectivity index (χ4v) is 6.72. The first-order chi connectivity index (χ1) is 16.5. The number of fused-ring (bicyclic) bond motifs is 7. The van der Waals surface area contributed by atoms with Crippen LogP contribution in [-0.2, 0) is 15.9 Å². The third kappa shape index (κ3) is 3.27. The zero-order chi connectivity index (χ0) is 23.4. The molecule has 3 aromatic rings. The molecule has 0 N–H and O–H groups in total. The van der Waals surface area contributed by atoms with Gasteiger partial charge in [-0.05, 0) is 85.0 Å². The summed E-state index contributed by atoms with van der Waals surface area (Å²) in [6.07, 6.45) is 1.05. The summed E-state index contributed by atoms with van der Waals surface area (Å²) < 4.78 is 12.3. The van der Waals surface area contributed by atoms with Crippen LogP contribution in [-0.4, -0.2) is 24.1 Å². The summed E-state index contributed by atoms with van der Waals surface area (Å²) in [5.41, 5.74) is 6.55. The first-order valence-corrected chi connectivity index (χ1v) is 12.1. The van der Waals surface area contributed by atoms with Crippen LogP contribution in [0, 0.1) is 31.6 Å². The molecule has 34 heavy (non-hydrogen) atoms. The minimum absolute atomic E-state index is 0.152. The summed E-state index contributed by atoms with van der Waals surface area (Å²) in [7, 11) is 0. The highest BCUT2D eigenvalue weighted by Gasteiger charge is 2.63. The molecule has 2 bridgehead atoms. The van der Waals surface area contributed by atoms with Gasteiger partial charge in [-0.3, -0.25) is 0 Å². The zero-order valence-corrected chi connectivity index (χ0v) is 19.4. The van der Waals surface area contributed by atoms with Gasteiger partial charge in [0.15, 0.2) is 0 Å². The molecule has 0 radical (unpaired) electrons. The Bertz CT molecular complexity index is 1250. The Morgan fingerprint density at radius 2 is 1.26 bits per heavy atom. The molecule has 172 valence electrons. The average molecular weight is 453 g/mol. The minimum Gasteiger partial charge on any atom is -0.455 e. The summed E-state index contributed by atoms with van der Waals surface area (Å²) in [4.78, 5) is 26.1. The number of esters is 2. The molecular weight excluding hydrogens is 424 g/mol. The molecule has 4 nitrogen and oxygen atoms in total. The minimum atomic E-state index is -0.445. The van der Waals surface area contributed by atoms with Crippen molar-refractivity contribution in [2.45, 2.75) is 44.8 Å². The van der Waals surface area contributed by atoms with E-state index in [2.05, 4.69) is 26.0 Å². The molecule has 3 aliphatic rings. The molecule has 0 aromatic heterocycles. The number of carbonyl (C=O) groups is 2. The number of aryl methyl sites for hydroxylation is 1. The van der Waals surface area contributed by atoms with E-state index < -0.39 is 12.2 Å². The van der Waals surface area contributed by atoms with Crippen molar-refractivity contribution in [2.75, 3.05) is 0 Å². The molecule has 0 spiro atoms. The monoisotopic (exact) mass is 452 g/mol. The molecule has 0 amide bonds. The standard InChI is InChI=1S/C30H28O4/c1-17-13-14-21-22(18(17)2)15-23-24-16-25(26(21)23)28(34-30(32)20-11-7-4-8-12-20)27(24)33-29(31)19-9-5-3-6-10-19/h3-14,23-28H,15-16H2,1-2H3. The summed E-state index contributed by atoms with van der Waals surface area (Å²) in [5.74, 6) is 0.398. The van der Waals surface area contributed by atoms with Crippen LogP contribution in [0.5, 0.6) is 0 Å². The number of hydrogen-bond donors (Lipinski definition) is 0. The van der Waals surface area contributed by atoms with Crippen LogP contribution < -0.4 is 0 Å². The summed E-state index contributed by atoms with van der Waals surface area (Å²) in [6, 6.07) is 22.6. The lowest BCUT2D eigenvalue weighted by atomic mass is 9.76. The van der Waals surface area contributed by atoms with Crippen LogP contribution in [0.2, 0.25) is 0 Å². The maximum absolute atomic E-state index is 13.1. The van der Waals surface area contributed by atoms with Gasteiger partial charge in [0, 0.05) is 11.8 Å². The lowest BCUT2D eigenvalue weighted by Crippen LogP contribution is -2.45. The Labute approximate surface area is 199 Å². The van der Waals surface area contributed by atoms with E-state index in [-0.39, 0.29) is 23.8 Å². The molecule has 3 aromatic carbocycles. The second-order valence-electron chi connectivity index (χ2n) is 10.0. The van der Waals surface area contributed by atoms with Crippen LogP contribution in [0.1, 0.15) is 55.3 Å². The van der Waals surface area contributed by atoms with Gasteiger partial charge in [0.1, 0.15) is 12.2 Å².